The van der Waals surface area contributed by atoms with E-state index < -0.39 is 0 Å². The van der Waals surface area contributed by atoms with Crippen molar-refractivity contribution in [1.29, 1.82) is 0 Å². The molecule has 1 amide bonds. The third-order valence-corrected chi connectivity index (χ3v) is 5.13. The number of nitrogens with one attached hydrogen (secondary N) is 1. The summed E-state index contributed by atoms with van der Waals surface area (Å²) in [5.74, 6) is 0.442. The monoisotopic (exact) mass is 373 g/mol. The first-order chi connectivity index (χ1) is 12.6. The Kier molecular flexibility index (Phi) is 7.07. The number of benzene rings is 1. The Morgan fingerprint density at radius 2 is 1.70 bits per heavy atom. The van der Waals surface area contributed by atoms with Crippen LogP contribution in [0.3, 0.4) is 0 Å². The summed E-state index contributed by atoms with van der Waals surface area (Å²) in [7, 11) is 0. The maximum Gasteiger partial charge on any atom is 0.338 e. The summed E-state index contributed by atoms with van der Waals surface area (Å²) in [5.41, 5.74) is 1.78. The smallest absolute Gasteiger partial charge is 0.338 e. The fourth-order valence-electron chi connectivity index (χ4n) is 3.15. The lowest BCUT2D eigenvalue weighted by molar-refractivity contribution is -0.126. The summed E-state index contributed by atoms with van der Waals surface area (Å²) < 4.78 is 5.25. The van der Waals surface area contributed by atoms with Gasteiger partial charge in [0.05, 0.1) is 17.7 Å². The molecule has 1 fully saturated rings. The SMILES string of the molecule is CC(C)OC(=O)c1ccc([C@@H](CCC(C)(C)C)NC(=O)[C@@H](C)C2CC2)cc1. The van der Waals surface area contributed by atoms with Gasteiger partial charge in [-0.2, -0.15) is 0 Å². The minimum atomic E-state index is -0.311. The highest BCUT2D eigenvalue weighted by Gasteiger charge is 2.33. The molecule has 0 spiro atoms. The van der Waals surface area contributed by atoms with Crippen LogP contribution in [0.15, 0.2) is 24.3 Å². The molecule has 0 radical (unpaired) electrons. The quantitative estimate of drug-likeness (QED) is 0.631. The van der Waals surface area contributed by atoms with Gasteiger partial charge >= 0.3 is 5.97 Å². The predicted octanol–water partition coefficient (Wildman–Crippen LogP) is 5.28. The van der Waals surface area contributed by atoms with Crippen LogP contribution in [-0.2, 0) is 9.53 Å². The van der Waals surface area contributed by atoms with Crippen molar-refractivity contribution < 1.29 is 14.3 Å². The van der Waals surface area contributed by atoms with Gasteiger partial charge in [0, 0.05) is 5.92 Å². The van der Waals surface area contributed by atoms with Gasteiger partial charge in [0.15, 0.2) is 0 Å². The maximum atomic E-state index is 12.6. The molecular formula is C23H35NO3. The van der Waals surface area contributed by atoms with E-state index in [1.807, 2.05) is 32.9 Å². The van der Waals surface area contributed by atoms with E-state index in [1.165, 1.54) is 0 Å². The molecule has 150 valence electrons. The zero-order valence-electron chi connectivity index (χ0n) is 17.7. The first-order valence-corrected chi connectivity index (χ1v) is 10.2. The van der Waals surface area contributed by atoms with Crippen LogP contribution in [0.25, 0.3) is 0 Å². The molecule has 1 aliphatic rings. The number of carbonyl (C=O) groups is 2. The van der Waals surface area contributed by atoms with E-state index in [4.69, 9.17) is 4.74 Å². The van der Waals surface area contributed by atoms with Gasteiger partial charge in [0.1, 0.15) is 0 Å². The van der Waals surface area contributed by atoms with E-state index in [1.54, 1.807) is 12.1 Å². The van der Waals surface area contributed by atoms with E-state index in [9.17, 15) is 9.59 Å². The van der Waals surface area contributed by atoms with Gasteiger partial charge < -0.3 is 10.1 Å². The van der Waals surface area contributed by atoms with Gasteiger partial charge in [0.25, 0.3) is 0 Å². The highest BCUT2D eigenvalue weighted by atomic mass is 16.5. The van der Waals surface area contributed by atoms with Crippen molar-refractivity contribution >= 4 is 11.9 Å². The summed E-state index contributed by atoms with van der Waals surface area (Å²) in [6.07, 6.45) is 4.07. The summed E-state index contributed by atoms with van der Waals surface area (Å²) in [5, 5.41) is 3.25. The van der Waals surface area contributed by atoms with Crippen LogP contribution in [0.4, 0.5) is 0 Å². The molecule has 1 saturated carbocycles. The first kappa shape index (κ1) is 21.5. The van der Waals surface area contributed by atoms with Gasteiger partial charge in [-0.1, -0.05) is 39.8 Å². The zero-order chi connectivity index (χ0) is 20.2. The Morgan fingerprint density at radius 3 is 2.19 bits per heavy atom. The molecule has 0 bridgehead atoms. The number of ether oxygens (including phenoxy) is 1. The average Bonchev–Trinajstić information content (AvgIpc) is 3.41. The minimum absolute atomic E-state index is 0.0342. The van der Waals surface area contributed by atoms with Crippen molar-refractivity contribution in [1.82, 2.24) is 5.32 Å². The number of carbonyl (C=O) groups excluding carboxylic acids is 2. The van der Waals surface area contributed by atoms with Crippen LogP contribution >= 0.6 is 0 Å². The van der Waals surface area contributed by atoms with E-state index in [2.05, 4.69) is 26.1 Å². The van der Waals surface area contributed by atoms with E-state index >= 15 is 0 Å². The number of rotatable bonds is 8. The van der Waals surface area contributed by atoms with E-state index in [0.717, 1.165) is 31.2 Å². The number of hydrogen-bond donors (Lipinski definition) is 1. The lowest BCUT2D eigenvalue weighted by Gasteiger charge is -2.26. The molecule has 0 aliphatic heterocycles. The Hall–Kier alpha value is -1.84. The van der Waals surface area contributed by atoms with Crippen molar-refractivity contribution in [3.05, 3.63) is 35.4 Å². The summed E-state index contributed by atoms with van der Waals surface area (Å²) >= 11 is 0. The van der Waals surface area contributed by atoms with Crippen molar-refractivity contribution in [2.24, 2.45) is 17.3 Å². The van der Waals surface area contributed by atoms with Crippen LogP contribution in [0.5, 0.6) is 0 Å². The standard InChI is InChI=1S/C23H35NO3/c1-15(2)27-22(26)19-11-9-18(10-12-19)20(13-14-23(4,5)6)24-21(25)16(3)17-7-8-17/h9-12,15-17,20H,7-8,13-14H2,1-6H3,(H,24,25)/t16-,20+/m0/s1. The normalized spacial score (nSPS) is 16.7. The van der Waals surface area contributed by atoms with Crippen molar-refractivity contribution in [2.75, 3.05) is 0 Å². The molecule has 4 nitrogen and oxygen atoms in total. The highest BCUT2D eigenvalue weighted by molar-refractivity contribution is 5.89. The largest absolute Gasteiger partial charge is 0.459 e. The van der Waals surface area contributed by atoms with Crippen molar-refractivity contribution in [3.8, 4) is 0 Å². The maximum absolute atomic E-state index is 12.6. The van der Waals surface area contributed by atoms with Gasteiger partial charge in [-0.15, -0.1) is 0 Å². The third kappa shape index (κ3) is 7.00. The van der Waals surface area contributed by atoms with E-state index in [-0.39, 0.29) is 35.4 Å². The number of hydrogen-bond acceptors (Lipinski definition) is 3. The second-order valence-corrected chi connectivity index (χ2v) is 9.36. The molecule has 0 heterocycles. The average molecular weight is 374 g/mol. The lowest BCUT2D eigenvalue weighted by atomic mass is 9.87. The molecular weight excluding hydrogens is 338 g/mol. The van der Waals surface area contributed by atoms with Gasteiger partial charge in [-0.3, -0.25) is 4.79 Å². The van der Waals surface area contributed by atoms with Crippen molar-refractivity contribution in [2.45, 2.75) is 79.4 Å². The van der Waals surface area contributed by atoms with Crippen LogP contribution in [-0.4, -0.2) is 18.0 Å². The van der Waals surface area contributed by atoms with Gasteiger partial charge in [-0.05, 0) is 68.6 Å². The molecule has 0 saturated heterocycles. The molecule has 1 aromatic rings. The lowest BCUT2D eigenvalue weighted by Crippen LogP contribution is -2.34. The number of esters is 1. The Morgan fingerprint density at radius 1 is 1.11 bits per heavy atom. The fraction of sp³-hybridized carbons (Fsp3) is 0.652. The van der Waals surface area contributed by atoms with E-state index in [0.29, 0.717) is 11.5 Å². The molecule has 0 unspecified atom stereocenters. The Bertz CT molecular complexity index is 639. The summed E-state index contributed by atoms with van der Waals surface area (Å²) in [6, 6.07) is 7.42. The van der Waals surface area contributed by atoms with Gasteiger partial charge in [-0.25, -0.2) is 4.79 Å². The number of amides is 1. The van der Waals surface area contributed by atoms with Crippen LogP contribution in [0.1, 0.15) is 89.2 Å². The molecule has 2 rings (SSSR count). The minimum Gasteiger partial charge on any atom is -0.459 e. The molecule has 1 aromatic carbocycles. The topological polar surface area (TPSA) is 55.4 Å². The Balaban J connectivity index is 2.11. The fourth-order valence-corrected chi connectivity index (χ4v) is 3.15. The molecule has 0 aromatic heterocycles. The zero-order valence-corrected chi connectivity index (χ0v) is 17.7. The molecule has 27 heavy (non-hydrogen) atoms. The molecule has 2 atom stereocenters. The van der Waals surface area contributed by atoms with Crippen molar-refractivity contribution in [3.63, 3.8) is 0 Å². The third-order valence-electron chi connectivity index (χ3n) is 5.13. The van der Waals surface area contributed by atoms with Gasteiger partial charge in [0.2, 0.25) is 5.91 Å². The summed E-state index contributed by atoms with van der Waals surface area (Å²) in [6.45, 7) is 12.3. The second kappa shape index (κ2) is 8.90. The molecule has 4 heteroatoms. The highest BCUT2D eigenvalue weighted by Crippen LogP contribution is 2.37. The first-order valence-electron chi connectivity index (χ1n) is 10.2. The second-order valence-electron chi connectivity index (χ2n) is 9.36. The Labute approximate surface area is 164 Å². The van der Waals surface area contributed by atoms with Crippen LogP contribution in [0, 0.1) is 17.3 Å². The molecule has 1 aliphatic carbocycles. The summed E-state index contributed by atoms with van der Waals surface area (Å²) in [4.78, 5) is 24.7. The predicted molar refractivity (Wildman–Crippen MR) is 108 cm³/mol. The van der Waals surface area contributed by atoms with Crippen LogP contribution in [0.2, 0.25) is 0 Å². The van der Waals surface area contributed by atoms with Crippen LogP contribution < -0.4 is 5.32 Å². The molecule has 1 N–H and O–H groups in total.